The minimum Gasteiger partial charge on any atom is -0.478 e. The van der Waals surface area contributed by atoms with Crippen molar-refractivity contribution in [1.82, 2.24) is 0 Å². The van der Waals surface area contributed by atoms with Crippen LogP contribution in [0.4, 0.5) is 0 Å². The summed E-state index contributed by atoms with van der Waals surface area (Å²) in [5.74, 6) is -1.18. The standard InChI is InChI=1S/C16H13NO2/c1-10-8-12(16(18)19)6-7-14(10)15-5-3-4-13(9-17)11(15)2/h3-8H,1-2H3,(H,18,19)/i1D3. The van der Waals surface area contributed by atoms with E-state index in [1.165, 1.54) is 18.2 Å². The molecule has 3 heteroatoms. The third-order valence-corrected chi connectivity index (χ3v) is 3.01. The number of carboxylic acids is 1. The molecule has 0 amide bonds. The van der Waals surface area contributed by atoms with E-state index in [1.807, 2.05) is 0 Å². The molecule has 0 heterocycles. The monoisotopic (exact) mass is 254 g/mol. The van der Waals surface area contributed by atoms with Crippen LogP contribution in [0.5, 0.6) is 0 Å². The number of nitriles is 1. The van der Waals surface area contributed by atoms with Crippen LogP contribution in [0.2, 0.25) is 0 Å². The van der Waals surface area contributed by atoms with Crippen LogP contribution < -0.4 is 0 Å². The van der Waals surface area contributed by atoms with Crippen LogP contribution in [0, 0.1) is 25.1 Å². The lowest BCUT2D eigenvalue weighted by Gasteiger charge is -2.11. The first kappa shape index (κ1) is 9.35. The van der Waals surface area contributed by atoms with Crippen molar-refractivity contribution in [2.24, 2.45) is 0 Å². The lowest BCUT2D eigenvalue weighted by molar-refractivity contribution is 0.0697. The maximum absolute atomic E-state index is 11.1. The van der Waals surface area contributed by atoms with Crippen LogP contribution in [0.15, 0.2) is 36.4 Å². The van der Waals surface area contributed by atoms with E-state index in [0.29, 0.717) is 22.3 Å². The Balaban J connectivity index is 2.76. The SMILES string of the molecule is [2H]C([2H])([2H])c1cc(C(=O)O)ccc1-c1cccc(C#N)c1C. The van der Waals surface area contributed by atoms with Gasteiger partial charge in [0.1, 0.15) is 0 Å². The Kier molecular flexibility index (Phi) is 2.43. The summed E-state index contributed by atoms with van der Waals surface area (Å²) >= 11 is 0. The zero-order valence-corrected chi connectivity index (χ0v) is 10.3. The molecular weight excluding hydrogens is 238 g/mol. The van der Waals surface area contributed by atoms with Gasteiger partial charge >= 0.3 is 5.97 Å². The van der Waals surface area contributed by atoms with Crippen molar-refractivity contribution >= 4 is 5.97 Å². The number of rotatable bonds is 2. The molecule has 0 fully saturated rings. The molecule has 0 atom stereocenters. The summed E-state index contributed by atoms with van der Waals surface area (Å²) in [6.07, 6.45) is 0. The molecule has 0 radical (unpaired) electrons. The Hall–Kier alpha value is -2.60. The van der Waals surface area contributed by atoms with Crippen molar-refractivity contribution in [3.05, 3.63) is 58.7 Å². The molecule has 3 nitrogen and oxygen atoms in total. The van der Waals surface area contributed by atoms with E-state index in [9.17, 15) is 4.79 Å². The van der Waals surface area contributed by atoms with Crippen LogP contribution in [0.3, 0.4) is 0 Å². The van der Waals surface area contributed by atoms with Gasteiger partial charge in [-0.15, -0.1) is 0 Å². The Morgan fingerprint density at radius 3 is 2.74 bits per heavy atom. The summed E-state index contributed by atoms with van der Waals surface area (Å²) in [5, 5.41) is 18.1. The van der Waals surface area contributed by atoms with Crippen molar-refractivity contribution in [2.75, 3.05) is 0 Å². The lowest BCUT2D eigenvalue weighted by Crippen LogP contribution is -1.98. The zero-order valence-electron chi connectivity index (χ0n) is 13.3. The first-order valence-corrected chi connectivity index (χ1v) is 5.63. The fourth-order valence-electron chi connectivity index (χ4n) is 1.96. The Morgan fingerprint density at radius 2 is 2.11 bits per heavy atom. The van der Waals surface area contributed by atoms with Crippen LogP contribution in [-0.2, 0) is 0 Å². The van der Waals surface area contributed by atoms with Gasteiger partial charge in [-0.25, -0.2) is 4.79 Å². The maximum Gasteiger partial charge on any atom is 0.335 e. The molecule has 1 N–H and O–H groups in total. The molecule has 0 spiro atoms. The number of aromatic carboxylic acids is 1. The Bertz CT molecular complexity index is 789. The van der Waals surface area contributed by atoms with Gasteiger partial charge in [0.05, 0.1) is 17.2 Å². The van der Waals surface area contributed by atoms with Gasteiger partial charge in [0.15, 0.2) is 0 Å². The van der Waals surface area contributed by atoms with Crippen molar-refractivity contribution < 1.29 is 14.0 Å². The molecule has 0 bridgehead atoms. The zero-order chi connectivity index (χ0) is 16.5. The normalized spacial score (nSPS) is 12.9. The predicted molar refractivity (Wildman–Crippen MR) is 73.0 cm³/mol. The molecule has 0 aliphatic heterocycles. The molecule has 2 aromatic carbocycles. The van der Waals surface area contributed by atoms with Gasteiger partial charge in [0.2, 0.25) is 0 Å². The summed E-state index contributed by atoms with van der Waals surface area (Å²) in [7, 11) is 0. The third-order valence-electron chi connectivity index (χ3n) is 3.01. The van der Waals surface area contributed by atoms with Gasteiger partial charge in [-0.1, -0.05) is 18.2 Å². The largest absolute Gasteiger partial charge is 0.478 e. The molecular formula is C16H13NO2. The molecule has 2 aromatic rings. The lowest BCUT2D eigenvalue weighted by atomic mass is 9.93. The molecule has 0 aliphatic carbocycles. The number of carboxylic acid groups (broad SMARTS) is 1. The minimum atomic E-state index is -2.45. The van der Waals surface area contributed by atoms with Crippen molar-refractivity contribution in [3.63, 3.8) is 0 Å². The van der Waals surface area contributed by atoms with Gasteiger partial charge in [0.25, 0.3) is 0 Å². The highest BCUT2D eigenvalue weighted by Gasteiger charge is 2.10. The molecule has 0 saturated carbocycles. The summed E-state index contributed by atoms with van der Waals surface area (Å²) in [4.78, 5) is 11.1. The number of aryl methyl sites for hydroxylation is 1. The van der Waals surface area contributed by atoms with E-state index in [0.717, 1.165) is 0 Å². The highest BCUT2D eigenvalue weighted by Crippen LogP contribution is 2.28. The molecule has 2 rings (SSSR count). The first-order chi connectivity index (χ1) is 10.3. The molecule has 0 saturated heterocycles. The molecule has 0 aromatic heterocycles. The quantitative estimate of drug-likeness (QED) is 0.891. The number of nitrogens with zero attached hydrogens (tertiary/aromatic N) is 1. The van der Waals surface area contributed by atoms with E-state index >= 15 is 0 Å². The maximum atomic E-state index is 11.1. The highest BCUT2D eigenvalue weighted by molar-refractivity contribution is 5.89. The third kappa shape index (κ3) is 2.34. The van der Waals surface area contributed by atoms with E-state index < -0.39 is 12.8 Å². The Labute approximate surface area is 116 Å². The van der Waals surface area contributed by atoms with Crippen LogP contribution in [0.25, 0.3) is 11.1 Å². The average Bonchev–Trinajstić information content (AvgIpc) is 2.46. The first-order valence-electron chi connectivity index (χ1n) is 7.13. The van der Waals surface area contributed by atoms with E-state index in [-0.39, 0.29) is 11.1 Å². The number of benzene rings is 2. The Morgan fingerprint density at radius 1 is 1.32 bits per heavy atom. The van der Waals surface area contributed by atoms with Gasteiger partial charge in [-0.3, -0.25) is 0 Å². The second-order valence-corrected chi connectivity index (χ2v) is 4.16. The molecule has 0 aliphatic rings. The summed E-state index contributed by atoms with van der Waals surface area (Å²) < 4.78 is 22.9. The van der Waals surface area contributed by atoms with Gasteiger partial charge in [-0.2, -0.15) is 5.26 Å². The number of carbonyl (C=O) groups is 1. The smallest absolute Gasteiger partial charge is 0.335 e. The van der Waals surface area contributed by atoms with Crippen LogP contribution >= 0.6 is 0 Å². The van der Waals surface area contributed by atoms with Crippen molar-refractivity contribution in [1.29, 1.82) is 5.26 Å². The number of hydrogen-bond donors (Lipinski definition) is 1. The fourth-order valence-corrected chi connectivity index (χ4v) is 1.96. The second kappa shape index (κ2) is 4.95. The van der Waals surface area contributed by atoms with Gasteiger partial charge in [0, 0.05) is 4.11 Å². The predicted octanol–water partition coefficient (Wildman–Crippen LogP) is 3.54. The summed E-state index contributed by atoms with van der Waals surface area (Å²) in [6.45, 7) is -0.710. The summed E-state index contributed by atoms with van der Waals surface area (Å²) in [6, 6.07) is 11.1. The van der Waals surface area contributed by atoms with Gasteiger partial charge in [-0.05, 0) is 54.2 Å². The van der Waals surface area contributed by atoms with Crippen molar-refractivity contribution in [3.8, 4) is 17.2 Å². The highest BCUT2D eigenvalue weighted by atomic mass is 16.4. The second-order valence-electron chi connectivity index (χ2n) is 4.16. The van der Waals surface area contributed by atoms with Gasteiger partial charge < -0.3 is 5.11 Å². The fraction of sp³-hybridized carbons (Fsp3) is 0.125. The van der Waals surface area contributed by atoms with E-state index in [2.05, 4.69) is 6.07 Å². The van der Waals surface area contributed by atoms with Crippen LogP contribution in [0.1, 0.15) is 31.2 Å². The van der Waals surface area contributed by atoms with E-state index in [1.54, 1.807) is 25.1 Å². The van der Waals surface area contributed by atoms with Crippen molar-refractivity contribution in [2.45, 2.75) is 13.8 Å². The minimum absolute atomic E-state index is 0.0365. The van der Waals surface area contributed by atoms with E-state index in [4.69, 9.17) is 14.5 Å². The molecule has 19 heavy (non-hydrogen) atoms. The summed E-state index contributed by atoms with van der Waals surface area (Å²) in [5.41, 5.74) is 2.03. The number of hydrogen-bond acceptors (Lipinski definition) is 2. The molecule has 94 valence electrons. The van der Waals surface area contributed by atoms with Crippen LogP contribution in [-0.4, -0.2) is 11.1 Å². The average molecular weight is 254 g/mol. The topological polar surface area (TPSA) is 61.1 Å². The molecule has 0 unspecified atom stereocenters.